The van der Waals surface area contributed by atoms with Gasteiger partial charge in [-0.3, -0.25) is 4.79 Å². The maximum atomic E-state index is 13.6. The molecule has 1 aromatic carbocycles. The van der Waals surface area contributed by atoms with Crippen LogP contribution < -0.4 is 5.32 Å². The summed E-state index contributed by atoms with van der Waals surface area (Å²) < 4.78 is 40.3. The van der Waals surface area contributed by atoms with E-state index in [-0.39, 0.29) is 18.6 Å². The number of amides is 1. The standard InChI is InChI=1S/C15H18F3NO2/c16-10-6-7-11(17)14(18)13(10)15(21)19-12-5-3-1-2-4-9(12)8-20/h6-7,9,12,20H,1-5,8H2,(H,19,21)/t9-,12+/m1/s1. The Morgan fingerprint density at radius 2 is 1.81 bits per heavy atom. The summed E-state index contributed by atoms with van der Waals surface area (Å²) >= 11 is 0. The summed E-state index contributed by atoms with van der Waals surface area (Å²) in [7, 11) is 0. The van der Waals surface area contributed by atoms with Crippen LogP contribution in [0.1, 0.15) is 42.5 Å². The molecule has 2 rings (SSSR count). The van der Waals surface area contributed by atoms with Crippen LogP contribution in [0.15, 0.2) is 12.1 Å². The first kappa shape index (κ1) is 15.8. The first-order chi connectivity index (χ1) is 10.0. The molecule has 21 heavy (non-hydrogen) atoms. The van der Waals surface area contributed by atoms with Crippen molar-refractivity contribution in [2.24, 2.45) is 5.92 Å². The van der Waals surface area contributed by atoms with Crippen LogP contribution in [0.4, 0.5) is 13.2 Å². The maximum absolute atomic E-state index is 13.6. The molecular formula is C15H18F3NO2. The SMILES string of the molecule is O=C(N[C@H]1CCCCC[C@@H]1CO)c1c(F)ccc(F)c1F. The average Bonchev–Trinajstić information content (AvgIpc) is 2.68. The summed E-state index contributed by atoms with van der Waals surface area (Å²) in [6, 6.07) is 1.01. The molecule has 0 spiro atoms. The summed E-state index contributed by atoms with van der Waals surface area (Å²) in [5.41, 5.74) is -0.907. The van der Waals surface area contributed by atoms with Crippen molar-refractivity contribution >= 4 is 5.91 Å². The molecule has 1 saturated carbocycles. The summed E-state index contributed by atoms with van der Waals surface area (Å²) in [5.74, 6) is -4.96. The number of hydrogen-bond acceptors (Lipinski definition) is 2. The van der Waals surface area contributed by atoms with E-state index in [2.05, 4.69) is 5.32 Å². The summed E-state index contributed by atoms with van der Waals surface area (Å²) in [5, 5.41) is 11.9. The molecule has 116 valence electrons. The molecule has 1 aliphatic carbocycles. The molecule has 0 bridgehead atoms. The van der Waals surface area contributed by atoms with Crippen LogP contribution in [-0.4, -0.2) is 23.7 Å². The third-order valence-electron chi connectivity index (χ3n) is 3.98. The van der Waals surface area contributed by atoms with Gasteiger partial charge in [-0.25, -0.2) is 13.2 Å². The van der Waals surface area contributed by atoms with Crippen molar-refractivity contribution in [3.63, 3.8) is 0 Å². The molecular weight excluding hydrogens is 283 g/mol. The molecule has 2 N–H and O–H groups in total. The third kappa shape index (κ3) is 3.56. The Balaban J connectivity index is 2.19. The molecule has 3 nitrogen and oxygen atoms in total. The first-order valence-corrected chi connectivity index (χ1v) is 7.09. The second kappa shape index (κ2) is 6.93. The van der Waals surface area contributed by atoms with Crippen molar-refractivity contribution in [2.75, 3.05) is 6.61 Å². The van der Waals surface area contributed by atoms with Gasteiger partial charge in [0.1, 0.15) is 11.4 Å². The van der Waals surface area contributed by atoms with Crippen LogP contribution in [0.3, 0.4) is 0 Å². The van der Waals surface area contributed by atoms with E-state index in [4.69, 9.17) is 0 Å². The number of carbonyl (C=O) groups is 1. The minimum absolute atomic E-state index is 0.0982. The minimum Gasteiger partial charge on any atom is -0.396 e. The Kier molecular flexibility index (Phi) is 5.22. The molecule has 1 amide bonds. The topological polar surface area (TPSA) is 49.3 Å². The Labute approximate surface area is 121 Å². The zero-order valence-corrected chi connectivity index (χ0v) is 11.5. The van der Waals surface area contributed by atoms with Gasteiger partial charge in [0.05, 0.1) is 0 Å². The number of halogens is 3. The molecule has 6 heteroatoms. The first-order valence-electron chi connectivity index (χ1n) is 7.09. The number of rotatable bonds is 3. The highest BCUT2D eigenvalue weighted by molar-refractivity contribution is 5.95. The van der Waals surface area contributed by atoms with Crippen LogP contribution in [0.5, 0.6) is 0 Å². The van der Waals surface area contributed by atoms with Gasteiger partial charge in [0, 0.05) is 18.6 Å². The lowest BCUT2D eigenvalue weighted by Gasteiger charge is -2.24. The average molecular weight is 301 g/mol. The van der Waals surface area contributed by atoms with Crippen molar-refractivity contribution in [3.05, 3.63) is 35.1 Å². The van der Waals surface area contributed by atoms with Gasteiger partial charge < -0.3 is 10.4 Å². The third-order valence-corrected chi connectivity index (χ3v) is 3.98. The van der Waals surface area contributed by atoms with E-state index in [1.165, 1.54) is 0 Å². The fraction of sp³-hybridized carbons (Fsp3) is 0.533. The van der Waals surface area contributed by atoms with Crippen molar-refractivity contribution in [1.29, 1.82) is 0 Å². The summed E-state index contributed by atoms with van der Waals surface area (Å²) in [6.07, 6.45) is 4.19. The second-order valence-electron chi connectivity index (χ2n) is 5.38. The fourth-order valence-corrected chi connectivity index (χ4v) is 2.77. The van der Waals surface area contributed by atoms with Crippen LogP contribution in [0.2, 0.25) is 0 Å². The number of aliphatic hydroxyl groups is 1. The van der Waals surface area contributed by atoms with Gasteiger partial charge in [-0.2, -0.15) is 0 Å². The maximum Gasteiger partial charge on any atom is 0.257 e. The monoisotopic (exact) mass is 301 g/mol. The van der Waals surface area contributed by atoms with Crippen LogP contribution in [0, 0.1) is 23.4 Å². The second-order valence-corrected chi connectivity index (χ2v) is 5.38. The van der Waals surface area contributed by atoms with E-state index in [9.17, 15) is 23.1 Å². The minimum atomic E-state index is -1.48. The number of benzene rings is 1. The molecule has 0 radical (unpaired) electrons. The van der Waals surface area contributed by atoms with E-state index in [1.54, 1.807) is 0 Å². The van der Waals surface area contributed by atoms with E-state index in [0.717, 1.165) is 31.7 Å². The van der Waals surface area contributed by atoms with E-state index in [1.807, 2.05) is 0 Å². The van der Waals surface area contributed by atoms with Gasteiger partial charge in [-0.1, -0.05) is 19.3 Å². The highest BCUT2D eigenvalue weighted by Gasteiger charge is 2.28. The number of nitrogens with one attached hydrogen (secondary N) is 1. The smallest absolute Gasteiger partial charge is 0.257 e. The van der Waals surface area contributed by atoms with Gasteiger partial charge in [0.25, 0.3) is 5.91 Å². The molecule has 0 unspecified atom stereocenters. The van der Waals surface area contributed by atoms with Crippen LogP contribution in [-0.2, 0) is 0 Å². The fourth-order valence-electron chi connectivity index (χ4n) is 2.77. The predicted octanol–water partition coefficient (Wildman–Crippen LogP) is 2.77. The lowest BCUT2D eigenvalue weighted by Crippen LogP contribution is -2.41. The largest absolute Gasteiger partial charge is 0.396 e. The zero-order chi connectivity index (χ0) is 15.4. The Morgan fingerprint density at radius 1 is 1.14 bits per heavy atom. The highest BCUT2D eigenvalue weighted by Crippen LogP contribution is 2.24. The summed E-state index contributed by atoms with van der Waals surface area (Å²) in [6.45, 7) is -0.0982. The van der Waals surface area contributed by atoms with Gasteiger partial charge in [-0.05, 0) is 25.0 Å². The van der Waals surface area contributed by atoms with Crippen molar-refractivity contribution in [1.82, 2.24) is 5.32 Å². The van der Waals surface area contributed by atoms with Crippen LogP contribution >= 0.6 is 0 Å². The molecule has 1 aromatic rings. The number of hydrogen-bond donors (Lipinski definition) is 2. The van der Waals surface area contributed by atoms with E-state index in [0.29, 0.717) is 12.5 Å². The van der Waals surface area contributed by atoms with Gasteiger partial charge in [0.15, 0.2) is 11.6 Å². The van der Waals surface area contributed by atoms with Crippen molar-refractivity contribution in [3.8, 4) is 0 Å². The molecule has 2 atom stereocenters. The Hall–Kier alpha value is -1.56. The molecule has 0 heterocycles. The van der Waals surface area contributed by atoms with Crippen molar-refractivity contribution in [2.45, 2.75) is 38.1 Å². The molecule has 0 aliphatic heterocycles. The highest BCUT2D eigenvalue weighted by atomic mass is 19.2. The Morgan fingerprint density at radius 3 is 2.52 bits per heavy atom. The summed E-state index contributed by atoms with van der Waals surface area (Å²) in [4.78, 5) is 12.0. The molecule has 0 aromatic heterocycles. The van der Waals surface area contributed by atoms with Gasteiger partial charge in [0.2, 0.25) is 0 Å². The van der Waals surface area contributed by atoms with Gasteiger partial charge in [-0.15, -0.1) is 0 Å². The van der Waals surface area contributed by atoms with E-state index >= 15 is 0 Å². The zero-order valence-electron chi connectivity index (χ0n) is 11.5. The molecule has 1 fully saturated rings. The molecule has 0 saturated heterocycles. The lowest BCUT2D eigenvalue weighted by molar-refractivity contribution is 0.0890. The van der Waals surface area contributed by atoms with Crippen LogP contribution in [0.25, 0.3) is 0 Å². The predicted molar refractivity (Wildman–Crippen MR) is 71.2 cm³/mol. The number of carbonyl (C=O) groups excluding carboxylic acids is 1. The van der Waals surface area contributed by atoms with Crippen molar-refractivity contribution < 1.29 is 23.1 Å². The normalized spacial score (nSPS) is 22.7. The van der Waals surface area contributed by atoms with E-state index < -0.39 is 28.9 Å². The quantitative estimate of drug-likeness (QED) is 0.666. The van der Waals surface area contributed by atoms with Gasteiger partial charge >= 0.3 is 0 Å². The molecule has 1 aliphatic rings. The lowest BCUT2D eigenvalue weighted by atomic mass is 9.95. The number of aliphatic hydroxyl groups excluding tert-OH is 1. The Bertz CT molecular complexity index is 522.